The predicted octanol–water partition coefficient (Wildman–Crippen LogP) is 1.67. The van der Waals surface area contributed by atoms with Gasteiger partial charge in [0.25, 0.3) is 0 Å². The first kappa shape index (κ1) is 25.0. The Morgan fingerprint density at radius 3 is 2.55 bits per heavy atom. The molecule has 0 aliphatic heterocycles. The van der Waals surface area contributed by atoms with E-state index in [1.807, 2.05) is 36.4 Å². The molecule has 0 aliphatic carbocycles. The van der Waals surface area contributed by atoms with Crippen LogP contribution < -0.4 is 10.5 Å². The van der Waals surface area contributed by atoms with E-state index in [-0.39, 0.29) is 24.6 Å². The number of rotatable bonds is 11. The molecule has 174 valence electrons. The summed E-state index contributed by atoms with van der Waals surface area (Å²) in [6, 6.07) is 18.0. The van der Waals surface area contributed by atoms with Gasteiger partial charge in [-0.25, -0.2) is 0 Å². The normalized spacial score (nSPS) is 12.2. The Morgan fingerprint density at radius 2 is 1.94 bits per heavy atom. The van der Waals surface area contributed by atoms with Crippen molar-refractivity contribution < 1.29 is 22.7 Å². The van der Waals surface area contributed by atoms with E-state index in [4.69, 9.17) is 15.0 Å². The van der Waals surface area contributed by atoms with Crippen LogP contribution in [-0.2, 0) is 29.7 Å². The Balaban J connectivity index is 1.78. The monoisotopic (exact) mass is 554 g/mol. The van der Waals surface area contributed by atoms with E-state index < -0.39 is 16.3 Å². The zero-order valence-electron chi connectivity index (χ0n) is 17.6. The van der Waals surface area contributed by atoms with Crippen LogP contribution >= 0.6 is 10.2 Å². The van der Waals surface area contributed by atoms with Gasteiger partial charge in [0.2, 0.25) is 0 Å². The van der Waals surface area contributed by atoms with Gasteiger partial charge in [-0.05, 0) is 0 Å². The summed E-state index contributed by atoms with van der Waals surface area (Å²) in [6.07, 6.45) is -0.665. The molecule has 0 saturated heterocycles. The molecule has 0 saturated carbocycles. The topological polar surface area (TPSA) is 133 Å². The van der Waals surface area contributed by atoms with Crippen molar-refractivity contribution in [1.29, 1.82) is 0 Å². The minimum absolute atomic E-state index is 0.0332. The van der Waals surface area contributed by atoms with Gasteiger partial charge in [-0.1, -0.05) is 0 Å². The van der Waals surface area contributed by atoms with Crippen LogP contribution in [0.5, 0.6) is 0 Å². The van der Waals surface area contributed by atoms with Crippen LogP contribution in [0, 0.1) is 0 Å². The summed E-state index contributed by atoms with van der Waals surface area (Å²) in [7, 11) is -2.20. The van der Waals surface area contributed by atoms with E-state index in [2.05, 4.69) is 5.32 Å². The van der Waals surface area contributed by atoms with Crippen LogP contribution in [0.2, 0.25) is 0 Å². The van der Waals surface area contributed by atoms with Crippen LogP contribution in [0.15, 0.2) is 65.6 Å². The van der Waals surface area contributed by atoms with Gasteiger partial charge in [0, 0.05) is 0 Å². The van der Waals surface area contributed by atoms with Crippen molar-refractivity contribution >= 4 is 46.4 Å². The van der Waals surface area contributed by atoms with Gasteiger partial charge in [0.15, 0.2) is 0 Å². The fraction of sp³-hybridized carbons (Fsp3) is 0.190. The number of ether oxygens (including phenoxy) is 1. The third-order valence-corrected chi connectivity index (χ3v) is 9.25. The van der Waals surface area contributed by atoms with Crippen molar-refractivity contribution in [2.24, 2.45) is 5.14 Å². The fourth-order valence-electron chi connectivity index (χ4n) is 2.91. The van der Waals surface area contributed by atoms with Crippen LogP contribution in [0.3, 0.4) is 0 Å². The minimum atomic E-state index is -3.78. The van der Waals surface area contributed by atoms with E-state index in [0.29, 0.717) is 23.2 Å². The predicted molar refractivity (Wildman–Crippen MR) is 127 cm³/mol. The summed E-state index contributed by atoms with van der Waals surface area (Å²) in [5, 5.41) is 13.2. The number of nitrogens with zero attached hydrogens (tertiary/aromatic N) is 2. The Kier molecular flexibility index (Phi) is 8.70. The van der Waals surface area contributed by atoms with Crippen molar-refractivity contribution in [3.05, 3.63) is 66.4 Å². The van der Waals surface area contributed by atoms with Gasteiger partial charge < -0.3 is 0 Å². The van der Waals surface area contributed by atoms with E-state index in [1.165, 1.54) is 19.1 Å². The molecule has 0 fully saturated rings. The summed E-state index contributed by atoms with van der Waals surface area (Å²) < 4.78 is 29.8. The molecule has 1 heterocycles. The van der Waals surface area contributed by atoms with E-state index in [9.17, 15) is 18.0 Å². The zero-order chi connectivity index (χ0) is 23.8. The second-order valence-electron chi connectivity index (χ2n) is 6.81. The van der Waals surface area contributed by atoms with Crippen molar-refractivity contribution in [2.45, 2.75) is 23.4 Å². The van der Waals surface area contributed by atoms with Gasteiger partial charge in [0.05, 0.1) is 0 Å². The number of carbonyl (C=O) groups excluding carboxylic acids is 2. The standard InChI is InChI=1S/C21H22N4O5S2Se/c1-15(27)23-21(30-14-26)12-31-33-13-17-11-20(16-5-3-2-4-6-16)25(24-17)18-7-9-19(10-8-18)32(22,28)29/h2-11,14,21H,12-13H2,1H3,(H,23,27)(H2,22,28,29). The molecule has 12 heteroatoms. The summed E-state index contributed by atoms with van der Waals surface area (Å²) in [5.41, 5.74) is 3.41. The quantitative estimate of drug-likeness (QED) is 0.160. The Bertz CT molecular complexity index is 1200. The number of carbonyl (C=O) groups is 2. The van der Waals surface area contributed by atoms with Gasteiger partial charge in [-0.2, -0.15) is 0 Å². The summed E-state index contributed by atoms with van der Waals surface area (Å²) in [6.45, 7) is 1.69. The van der Waals surface area contributed by atoms with Crippen molar-refractivity contribution in [3.8, 4) is 16.9 Å². The summed E-state index contributed by atoms with van der Waals surface area (Å²) in [5.74, 6) is 0.175. The van der Waals surface area contributed by atoms with E-state index >= 15 is 0 Å². The number of amides is 1. The molecule has 3 rings (SSSR count). The molecule has 9 nitrogen and oxygen atoms in total. The van der Waals surface area contributed by atoms with Gasteiger partial charge in [-0.15, -0.1) is 0 Å². The summed E-state index contributed by atoms with van der Waals surface area (Å²) in [4.78, 5) is 21.8. The molecule has 0 spiro atoms. The van der Waals surface area contributed by atoms with Crippen molar-refractivity contribution in [2.75, 3.05) is 5.75 Å². The number of hydrogen-bond acceptors (Lipinski definition) is 7. The molecule has 1 atom stereocenters. The number of nitrogens with two attached hydrogens (primary N) is 1. The van der Waals surface area contributed by atoms with E-state index in [1.54, 1.807) is 27.0 Å². The number of nitrogens with one attached hydrogen (secondary N) is 1. The first-order valence-corrected chi connectivity index (χ1v) is 15.4. The van der Waals surface area contributed by atoms with Crippen LogP contribution in [0.1, 0.15) is 12.6 Å². The molecule has 0 bridgehead atoms. The molecule has 3 N–H and O–H groups in total. The number of sulfonamides is 1. The third-order valence-electron chi connectivity index (χ3n) is 4.33. The fourth-order valence-corrected chi connectivity index (χ4v) is 6.98. The van der Waals surface area contributed by atoms with Gasteiger partial charge >= 0.3 is 202 Å². The van der Waals surface area contributed by atoms with E-state index in [0.717, 1.165) is 17.0 Å². The molecule has 1 amide bonds. The molecular weight excluding hydrogens is 531 g/mol. The molecule has 1 unspecified atom stereocenters. The van der Waals surface area contributed by atoms with Crippen molar-refractivity contribution in [3.63, 3.8) is 0 Å². The number of benzene rings is 2. The molecule has 2 aromatic carbocycles. The van der Waals surface area contributed by atoms with Crippen LogP contribution in [-0.4, -0.2) is 56.4 Å². The molecule has 3 aromatic rings. The molecule has 0 radical (unpaired) electrons. The Hall–Kier alpha value is -2.63. The van der Waals surface area contributed by atoms with Crippen molar-refractivity contribution in [1.82, 2.24) is 15.1 Å². The second kappa shape index (κ2) is 11.5. The first-order valence-electron chi connectivity index (χ1n) is 9.66. The average Bonchev–Trinajstić information content (AvgIpc) is 3.21. The Labute approximate surface area is 201 Å². The average molecular weight is 554 g/mol. The zero-order valence-corrected chi connectivity index (χ0v) is 20.9. The first-order chi connectivity index (χ1) is 15.8. The maximum atomic E-state index is 11.6. The Morgan fingerprint density at radius 1 is 1.24 bits per heavy atom. The number of hydrogen-bond donors (Lipinski definition) is 2. The number of primary sulfonamides is 1. The van der Waals surface area contributed by atoms with Gasteiger partial charge in [-0.3, -0.25) is 0 Å². The van der Waals surface area contributed by atoms with Gasteiger partial charge in [0.1, 0.15) is 0 Å². The van der Waals surface area contributed by atoms with Crippen LogP contribution in [0.25, 0.3) is 16.9 Å². The summed E-state index contributed by atoms with van der Waals surface area (Å²) >= 11 is 0.0770. The maximum absolute atomic E-state index is 11.6. The third kappa shape index (κ3) is 7.18. The van der Waals surface area contributed by atoms with Crippen LogP contribution in [0.4, 0.5) is 0 Å². The molecular formula is C21H22N4O5S2Se. The molecule has 33 heavy (non-hydrogen) atoms. The second-order valence-corrected chi connectivity index (χ2v) is 12.7. The molecule has 0 aliphatic rings. The molecule has 1 aromatic heterocycles. The SMILES string of the molecule is CC(=O)NC(CS[Se]Cc1cc(-c2ccccc2)n(-c2ccc(S(N)(=O)=O)cc2)n1)OC=O. The number of aromatic nitrogens is 2.